The number of rotatable bonds is 2. The molecular weight excluding hydrogens is 272 g/mol. The third-order valence-electron chi connectivity index (χ3n) is 1.85. The molecule has 0 amide bonds. The van der Waals surface area contributed by atoms with Crippen molar-refractivity contribution in [2.45, 2.75) is 9.79 Å². The first-order valence-corrected chi connectivity index (χ1v) is 9.11. The van der Waals surface area contributed by atoms with Crippen LogP contribution in [-0.2, 0) is 9.83 Å². The molecule has 1 aliphatic heterocycles. The van der Waals surface area contributed by atoms with E-state index in [1.54, 1.807) is 31.1 Å². The second-order valence-corrected chi connectivity index (χ2v) is 8.98. The van der Waals surface area contributed by atoms with Crippen molar-refractivity contribution < 1.29 is 13.7 Å². The van der Waals surface area contributed by atoms with Crippen LogP contribution in [0.15, 0.2) is 21.9 Å². The molecule has 82 valence electrons. The molecule has 1 unspecified atom stereocenters. The van der Waals surface area contributed by atoms with Gasteiger partial charge in [-0.3, -0.25) is 0 Å². The van der Waals surface area contributed by atoms with E-state index in [9.17, 15) is 4.21 Å². The zero-order valence-electron chi connectivity index (χ0n) is 8.01. The van der Waals surface area contributed by atoms with Crippen LogP contribution in [0.25, 0.3) is 0 Å². The topological polar surface area (TPSA) is 35.5 Å². The summed E-state index contributed by atoms with van der Waals surface area (Å²) in [4.78, 5) is 1.63. The molecule has 0 bridgehead atoms. The van der Waals surface area contributed by atoms with Crippen molar-refractivity contribution in [3.63, 3.8) is 0 Å². The highest BCUT2D eigenvalue weighted by Crippen LogP contribution is 2.56. The Morgan fingerprint density at radius 1 is 1.20 bits per heavy atom. The fourth-order valence-electron chi connectivity index (χ4n) is 1.19. The van der Waals surface area contributed by atoms with Crippen LogP contribution >= 0.6 is 30.4 Å². The van der Waals surface area contributed by atoms with Crippen LogP contribution in [0.3, 0.4) is 0 Å². The lowest BCUT2D eigenvalue weighted by Crippen LogP contribution is -1.99. The quantitative estimate of drug-likeness (QED) is 0.775. The lowest BCUT2D eigenvalue weighted by molar-refractivity contribution is 0.383. The van der Waals surface area contributed by atoms with Crippen LogP contribution in [0.2, 0.25) is 0 Å². The van der Waals surface area contributed by atoms with Gasteiger partial charge >= 0.3 is 0 Å². The van der Waals surface area contributed by atoms with Gasteiger partial charge in [0.15, 0.2) is 0 Å². The van der Waals surface area contributed by atoms with Gasteiger partial charge in [0, 0.05) is 9.83 Å². The molecule has 3 nitrogen and oxygen atoms in total. The van der Waals surface area contributed by atoms with E-state index in [2.05, 4.69) is 0 Å². The largest absolute Gasteiger partial charge is 0.496 e. The van der Waals surface area contributed by atoms with Gasteiger partial charge in [0.1, 0.15) is 26.2 Å². The van der Waals surface area contributed by atoms with Crippen LogP contribution in [0, 0.1) is 0 Å². The third-order valence-corrected chi connectivity index (χ3v) is 9.01. The second kappa shape index (κ2) is 4.90. The zero-order valence-corrected chi connectivity index (χ0v) is 11.3. The van der Waals surface area contributed by atoms with Crippen molar-refractivity contribution in [2.24, 2.45) is 0 Å². The summed E-state index contributed by atoms with van der Waals surface area (Å²) in [5, 5.41) is 0. The molecule has 0 saturated heterocycles. The van der Waals surface area contributed by atoms with E-state index >= 15 is 0 Å². The van der Waals surface area contributed by atoms with Crippen LogP contribution in [0.5, 0.6) is 11.5 Å². The third kappa shape index (κ3) is 2.11. The Labute approximate surface area is 101 Å². The molecule has 0 aromatic heterocycles. The highest BCUT2D eigenvalue weighted by molar-refractivity contribution is 9.24. The predicted molar refractivity (Wildman–Crippen MR) is 67.0 cm³/mol. The number of ether oxygens (including phenoxy) is 2. The maximum absolute atomic E-state index is 11.8. The summed E-state index contributed by atoms with van der Waals surface area (Å²) in [5.41, 5.74) is 0. The van der Waals surface area contributed by atoms with E-state index in [1.165, 1.54) is 19.7 Å². The van der Waals surface area contributed by atoms with E-state index in [4.69, 9.17) is 9.47 Å². The molecule has 0 fully saturated rings. The number of fused-ring (bicyclic) bond motifs is 1. The normalized spacial score (nSPS) is 19.5. The van der Waals surface area contributed by atoms with Crippen LogP contribution in [-0.4, -0.2) is 18.4 Å². The number of hydrogen-bond donors (Lipinski definition) is 0. The SMILES string of the molecule is COc1ccc(OC)c2c1SSSS2=O. The predicted octanol–water partition coefficient (Wildman–Crippen LogP) is 3.13. The molecular formula is C8H8O3S4. The molecule has 0 N–H and O–H groups in total. The first-order chi connectivity index (χ1) is 7.27. The van der Waals surface area contributed by atoms with Gasteiger partial charge in [-0.15, -0.1) is 0 Å². The monoisotopic (exact) mass is 280 g/mol. The van der Waals surface area contributed by atoms with E-state index in [-0.39, 0.29) is 0 Å². The molecule has 1 aliphatic rings. The number of hydrogen-bond acceptors (Lipinski definition) is 6. The highest BCUT2D eigenvalue weighted by atomic mass is 33.7. The Morgan fingerprint density at radius 2 is 1.87 bits per heavy atom. The van der Waals surface area contributed by atoms with Gasteiger partial charge < -0.3 is 9.47 Å². The lowest BCUT2D eigenvalue weighted by atomic mass is 10.3. The fourth-order valence-corrected chi connectivity index (χ4v) is 8.73. The van der Waals surface area contributed by atoms with Gasteiger partial charge in [0.05, 0.1) is 19.1 Å². The molecule has 0 saturated carbocycles. The molecule has 0 aliphatic carbocycles. The molecule has 0 spiro atoms. The maximum Gasteiger partial charge on any atom is 0.137 e. The summed E-state index contributed by atoms with van der Waals surface area (Å²) in [5.74, 6) is 1.40. The summed E-state index contributed by atoms with van der Waals surface area (Å²) in [6, 6.07) is 3.62. The number of benzene rings is 1. The minimum Gasteiger partial charge on any atom is -0.496 e. The highest BCUT2D eigenvalue weighted by Gasteiger charge is 2.26. The summed E-state index contributed by atoms with van der Waals surface area (Å²) < 4.78 is 22.3. The number of methoxy groups -OCH3 is 2. The molecule has 15 heavy (non-hydrogen) atoms. The molecule has 1 aromatic carbocycles. The van der Waals surface area contributed by atoms with Gasteiger partial charge in [-0.05, 0) is 32.8 Å². The second-order valence-electron chi connectivity index (χ2n) is 2.58. The average Bonchev–Trinajstić information content (AvgIpc) is 2.28. The molecule has 1 heterocycles. The van der Waals surface area contributed by atoms with Gasteiger partial charge in [0.2, 0.25) is 0 Å². The van der Waals surface area contributed by atoms with Crippen molar-refractivity contribution in [1.82, 2.24) is 0 Å². The smallest absolute Gasteiger partial charge is 0.137 e. The molecule has 2 rings (SSSR count). The molecule has 1 aromatic rings. The standard InChI is InChI=1S/C8H8O3S4/c1-10-5-3-4-6(11-2)8-7(5)12-13-14-15(8)9/h3-4H,1-2H3. The van der Waals surface area contributed by atoms with Crippen molar-refractivity contribution in [2.75, 3.05) is 14.2 Å². The minimum absolute atomic E-state index is 0.657. The van der Waals surface area contributed by atoms with E-state index < -0.39 is 9.83 Å². The summed E-state index contributed by atoms with van der Waals surface area (Å²) >= 11 is 0. The van der Waals surface area contributed by atoms with Crippen molar-refractivity contribution in [1.29, 1.82) is 0 Å². The van der Waals surface area contributed by atoms with E-state index in [0.717, 1.165) is 15.5 Å². The Bertz CT molecular complexity index is 407. The Hall–Kier alpha value is 0.0200. The summed E-state index contributed by atoms with van der Waals surface area (Å²) in [6.45, 7) is 0. The first kappa shape index (κ1) is 11.5. The maximum atomic E-state index is 11.8. The van der Waals surface area contributed by atoms with E-state index in [1.807, 2.05) is 6.07 Å². The summed E-state index contributed by atoms with van der Waals surface area (Å²) in [7, 11) is 6.48. The first-order valence-electron chi connectivity index (χ1n) is 3.96. The van der Waals surface area contributed by atoms with Gasteiger partial charge in [0.25, 0.3) is 0 Å². The fraction of sp³-hybridized carbons (Fsp3) is 0.250. The van der Waals surface area contributed by atoms with Crippen LogP contribution in [0.4, 0.5) is 0 Å². The molecule has 0 radical (unpaired) electrons. The van der Waals surface area contributed by atoms with Crippen molar-refractivity contribution >= 4 is 40.3 Å². The Morgan fingerprint density at radius 3 is 2.53 bits per heavy atom. The van der Waals surface area contributed by atoms with Crippen LogP contribution < -0.4 is 9.47 Å². The molecule has 1 atom stereocenters. The van der Waals surface area contributed by atoms with Gasteiger partial charge in [-0.2, -0.15) is 0 Å². The Kier molecular flexibility index (Phi) is 3.76. The van der Waals surface area contributed by atoms with Crippen LogP contribution in [0.1, 0.15) is 0 Å². The van der Waals surface area contributed by atoms with Crippen molar-refractivity contribution in [3.8, 4) is 11.5 Å². The van der Waals surface area contributed by atoms with Gasteiger partial charge in [-0.25, -0.2) is 4.21 Å². The zero-order chi connectivity index (χ0) is 10.8. The van der Waals surface area contributed by atoms with Gasteiger partial charge in [-0.1, -0.05) is 0 Å². The van der Waals surface area contributed by atoms with Crippen molar-refractivity contribution in [3.05, 3.63) is 12.1 Å². The Balaban J connectivity index is 2.61. The minimum atomic E-state index is -1.08. The average molecular weight is 280 g/mol. The lowest BCUT2D eigenvalue weighted by Gasteiger charge is -2.18. The van der Waals surface area contributed by atoms with E-state index in [0.29, 0.717) is 5.75 Å². The summed E-state index contributed by atoms with van der Waals surface area (Å²) in [6.07, 6.45) is 0. The molecule has 7 heteroatoms.